The molecule has 5 heteroatoms. The highest BCUT2D eigenvalue weighted by Crippen LogP contribution is 2.34. The summed E-state index contributed by atoms with van der Waals surface area (Å²) in [5, 5.41) is 4.33. The Balaban J connectivity index is 1.84. The second kappa shape index (κ2) is 4.03. The average Bonchev–Trinajstić information content (AvgIpc) is 3.00. The maximum Gasteiger partial charge on any atom is 0.153 e. The lowest BCUT2D eigenvalue weighted by atomic mass is 10.1. The van der Waals surface area contributed by atoms with Gasteiger partial charge in [0.25, 0.3) is 0 Å². The summed E-state index contributed by atoms with van der Waals surface area (Å²) in [6, 6.07) is 8.58. The van der Waals surface area contributed by atoms with Crippen molar-refractivity contribution in [2.75, 3.05) is 5.73 Å². The molecule has 2 N–H and O–H groups in total. The number of anilines is 1. The Bertz CT molecular complexity index is 780. The molecule has 1 aromatic carbocycles. The maximum absolute atomic E-state index is 5.94. The predicted molar refractivity (Wildman–Crippen MR) is 76.5 cm³/mol. The van der Waals surface area contributed by atoms with Crippen molar-refractivity contribution < 1.29 is 0 Å². The standard InChI is InChI=1S/C15H15N5/c1-9-13-14(16)17-8-18-20(13)15(19-9)12-6-10-4-2-3-5-11(10)7-12/h2-5,8,12H,6-7H2,1H3,(H2,16,17,18). The van der Waals surface area contributed by atoms with Gasteiger partial charge in [0.2, 0.25) is 0 Å². The van der Waals surface area contributed by atoms with E-state index in [9.17, 15) is 0 Å². The minimum atomic E-state index is 0.364. The Kier molecular flexibility index (Phi) is 2.30. The van der Waals surface area contributed by atoms with Crippen LogP contribution in [-0.2, 0) is 12.8 Å². The number of nitrogens with zero attached hydrogens (tertiary/aromatic N) is 4. The second-order valence-corrected chi connectivity index (χ2v) is 5.33. The number of rotatable bonds is 1. The van der Waals surface area contributed by atoms with Gasteiger partial charge in [0.15, 0.2) is 5.82 Å². The van der Waals surface area contributed by atoms with Crippen LogP contribution in [0.2, 0.25) is 0 Å². The van der Waals surface area contributed by atoms with Crippen LogP contribution >= 0.6 is 0 Å². The van der Waals surface area contributed by atoms with Crippen molar-refractivity contribution in [3.8, 4) is 0 Å². The van der Waals surface area contributed by atoms with Gasteiger partial charge in [-0.15, -0.1) is 0 Å². The number of aromatic nitrogens is 4. The normalized spacial score (nSPS) is 14.8. The van der Waals surface area contributed by atoms with E-state index in [1.165, 1.54) is 17.5 Å². The van der Waals surface area contributed by atoms with Gasteiger partial charge in [-0.05, 0) is 30.9 Å². The number of nitrogens with two attached hydrogens (primary N) is 1. The molecule has 100 valence electrons. The number of fused-ring (bicyclic) bond motifs is 2. The van der Waals surface area contributed by atoms with Gasteiger partial charge in [0.05, 0.1) is 5.69 Å². The molecule has 0 radical (unpaired) electrons. The van der Waals surface area contributed by atoms with Gasteiger partial charge < -0.3 is 5.73 Å². The molecule has 20 heavy (non-hydrogen) atoms. The third-order valence-electron chi connectivity index (χ3n) is 4.08. The minimum absolute atomic E-state index is 0.364. The first-order chi connectivity index (χ1) is 9.74. The van der Waals surface area contributed by atoms with Crippen LogP contribution in [0.4, 0.5) is 5.82 Å². The summed E-state index contributed by atoms with van der Waals surface area (Å²) >= 11 is 0. The summed E-state index contributed by atoms with van der Waals surface area (Å²) < 4.78 is 1.86. The van der Waals surface area contributed by atoms with Crippen LogP contribution in [0, 0.1) is 6.92 Å². The third-order valence-corrected chi connectivity index (χ3v) is 4.08. The third kappa shape index (κ3) is 1.52. The number of aryl methyl sites for hydroxylation is 1. The Hall–Kier alpha value is -2.43. The molecule has 0 bridgehead atoms. The molecule has 5 nitrogen and oxygen atoms in total. The summed E-state index contributed by atoms with van der Waals surface area (Å²) in [6.07, 6.45) is 3.52. The highest BCUT2D eigenvalue weighted by Gasteiger charge is 2.27. The fourth-order valence-electron chi connectivity index (χ4n) is 3.16. The van der Waals surface area contributed by atoms with Crippen LogP contribution in [0.25, 0.3) is 5.52 Å². The predicted octanol–water partition coefficient (Wildman–Crippen LogP) is 1.90. The largest absolute Gasteiger partial charge is 0.382 e. The summed E-state index contributed by atoms with van der Waals surface area (Å²) in [5.41, 5.74) is 10.5. The monoisotopic (exact) mass is 265 g/mol. The Morgan fingerprint density at radius 1 is 1.20 bits per heavy atom. The van der Waals surface area contributed by atoms with Crippen molar-refractivity contribution >= 4 is 11.3 Å². The first-order valence-electron chi connectivity index (χ1n) is 6.76. The van der Waals surface area contributed by atoms with Crippen LogP contribution in [0.3, 0.4) is 0 Å². The molecule has 0 saturated carbocycles. The number of benzene rings is 1. The van der Waals surface area contributed by atoms with Crippen molar-refractivity contribution in [1.29, 1.82) is 0 Å². The molecule has 0 spiro atoms. The SMILES string of the molecule is Cc1nc(C2Cc3ccccc3C2)n2ncnc(N)c12. The van der Waals surface area contributed by atoms with Crippen molar-refractivity contribution in [2.24, 2.45) is 0 Å². The quantitative estimate of drug-likeness (QED) is 0.729. The minimum Gasteiger partial charge on any atom is -0.382 e. The van der Waals surface area contributed by atoms with E-state index in [4.69, 9.17) is 10.7 Å². The van der Waals surface area contributed by atoms with E-state index < -0.39 is 0 Å². The lowest BCUT2D eigenvalue weighted by Gasteiger charge is -2.07. The summed E-state index contributed by atoms with van der Waals surface area (Å²) in [6.45, 7) is 1.96. The summed E-state index contributed by atoms with van der Waals surface area (Å²) in [4.78, 5) is 8.75. The van der Waals surface area contributed by atoms with E-state index in [2.05, 4.69) is 34.3 Å². The van der Waals surface area contributed by atoms with Gasteiger partial charge in [-0.2, -0.15) is 5.10 Å². The van der Waals surface area contributed by atoms with E-state index in [-0.39, 0.29) is 0 Å². The van der Waals surface area contributed by atoms with Crippen molar-refractivity contribution in [2.45, 2.75) is 25.7 Å². The average molecular weight is 265 g/mol. The van der Waals surface area contributed by atoms with Crippen molar-refractivity contribution in [3.63, 3.8) is 0 Å². The zero-order valence-electron chi connectivity index (χ0n) is 11.2. The molecule has 0 amide bonds. The molecule has 2 aromatic heterocycles. The molecule has 0 unspecified atom stereocenters. The topological polar surface area (TPSA) is 69.1 Å². The maximum atomic E-state index is 5.94. The van der Waals surface area contributed by atoms with Crippen LogP contribution < -0.4 is 5.73 Å². The number of hydrogen-bond acceptors (Lipinski definition) is 4. The molecule has 3 aromatic rings. The number of hydrogen-bond donors (Lipinski definition) is 1. The summed E-state index contributed by atoms with van der Waals surface area (Å²) in [7, 11) is 0. The van der Waals surface area contributed by atoms with Crippen LogP contribution in [0.15, 0.2) is 30.6 Å². The lowest BCUT2D eigenvalue weighted by molar-refractivity contribution is 0.652. The van der Waals surface area contributed by atoms with Gasteiger partial charge in [-0.1, -0.05) is 24.3 Å². The molecule has 0 saturated heterocycles. The van der Waals surface area contributed by atoms with Gasteiger partial charge in [-0.25, -0.2) is 14.5 Å². The van der Waals surface area contributed by atoms with Gasteiger partial charge >= 0.3 is 0 Å². The Labute approximate surface area is 116 Å². The smallest absolute Gasteiger partial charge is 0.153 e. The molecule has 0 atom stereocenters. The van der Waals surface area contributed by atoms with E-state index in [1.54, 1.807) is 0 Å². The van der Waals surface area contributed by atoms with E-state index in [0.717, 1.165) is 29.9 Å². The molecule has 0 fully saturated rings. The Morgan fingerprint density at radius 2 is 1.90 bits per heavy atom. The lowest BCUT2D eigenvalue weighted by Crippen LogP contribution is -2.07. The molecule has 1 aliphatic rings. The van der Waals surface area contributed by atoms with Gasteiger partial charge in [0, 0.05) is 5.92 Å². The van der Waals surface area contributed by atoms with E-state index in [1.807, 2.05) is 11.4 Å². The molecule has 1 aliphatic carbocycles. The van der Waals surface area contributed by atoms with Crippen LogP contribution in [0.1, 0.15) is 28.6 Å². The van der Waals surface area contributed by atoms with E-state index >= 15 is 0 Å². The zero-order valence-corrected chi connectivity index (χ0v) is 11.2. The Morgan fingerprint density at radius 3 is 2.60 bits per heavy atom. The number of nitrogen functional groups attached to an aromatic ring is 1. The fraction of sp³-hybridized carbons (Fsp3) is 0.267. The fourth-order valence-corrected chi connectivity index (χ4v) is 3.16. The first-order valence-corrected chi connectivity index (χ1v) is 6.76. The van der Waals surface area contributed by atoms with E-state index in [0.29, 0.717) is 11.7 Å². The van der Waals surface area contributed by atoms with Crippen LogP contribution in [0.5, 0.6) is 0 Å². The summed E-state index contributed by atoms with van der Waals surface area (Å²) in [5.74, 6) is 1.84. The molecular weight excluding hydrogens is 250 g/mol. The van der Waals surface area contributed by atoms with Crippen molar-refractivity contribution in [1.82, 2.24) is 19.6 Å². The molecule has 0 aliphatic heterocycles. The first kappa shape index (κ1) is 11.4. The van der Waals surface area contributed by atoms with Gasteiger partial charge in [0.1, 0.15) is 17.7 Å². The van der Waals surface area contributed by atoms with Gasteiger partial charge in [-0.3, -0.25) is 0 Å². The highest BCUT2D eigenvalue weighted by atomic mass is 15.3. The number of imidazole rings is 1. The van der Waals surface area contributed by atoms with Crippen molar-refractivity contribution in [3.05, 3.63) is 53.2 Å². The highest BCUT2D eigenvalue weighted by molar-refractivity contribution is 5.68. The zero-order chi connectivity index (χ0) is 13.7. The molecule has 2 heterocycles. The van der Waals surface area contributed by atoms with Crippen LogP contribution in [-0.4, -0.2) is 19.6 Å². The molecule has 4 rings (SSSR count). The second-order valence-electron chi connectivity index (χ2n) is 5.33. The molecular formula is C15H15N5.